The average Bonchev–Trinajstić information content (AvgIpc) is 3.21. The number of hydrogen-bond donors (Lipinski definition) is 1. The third-order valence-corrected chi connectivity index (χ3v) is 4.88. The minimum atomic E-state index is -0.310. The van der Waals surface area contributed by atoms with Gasteiger partial charge in [-0.3, -0.25) is 9.59 Å². The summed E-state index contributed by atoms with van der Waals surface area (Å²) in [5.41, 5.74) is 2.21. The summed E-state index contributed by atoms with van der Waals surface area (Å²) in [4.78, 5) is 26.7. The molecule has 1 fully saturated rings. The number of amides is 2. The quantitative estimate of drug-likeness (QED) is 0.771. The van der Waals surface area contributed by atoms with Crippen LogP contribution in [0.25, 0.3) is 11.0 Å². The van der Waals surface area contributed by atoms with E-state index in [1.165, 1.54) is 0 Å². The lowest BCUT2D eigenvalue weighted by molar-refractivity contribution is -0.117. The Hall–Kier alpha value is -3.28. The number of ether oxygens (including phenoxy) is 1. The van der Waals surface area contributed by atoms with Crippen LogP contribution in [0.5, 0.6) is 5.75 Å². The van der Waals surface area contributed by atoms with Gasteiger partial charge in [-0.15, -0.1) is 0 Å². The van der Waals surface area contributed by atoms with E-state index in [1.54, 1.807) is 18.1 Å². The molecule has 1 saturated heterocycles. The molecule has 1 atom stereocenters. The summed E-state index contributed by atoms with van der Waals surface area (Å²) in [7, 11) is 1.58. The predicted molar refractivity (Wildman–Crippen MR) is 102 cm³/mol. The first-order valence-corrected chi connectivity index (χ1v) is 8.80. The molecule has 0 saturated carbocycles. The lowest BCUT2D eigenvalue weighted by Crippen LogP contribution is -2.37. The molecule has 0 aliphatic carbocycles. The zero-order chi connectivity index (χ0) is 19.0. The Morgan fingerprint density at radius 3 is 2.74 bits per heavy atom. The van der Waals surface area contributed by atoms with Crippen molar-refractivity contribution >= 4 is 28.5 Å². The third-order valence-electron chi connectivity index (χ3n) is 4.88. The maximum Gasteiger partial charge on any atom is 0.287 e. The van der Waals surface area contributed by atoms with E-state index in [1.807, 2.05) is 49.4 Å². The fourth-order valence-electron chi connectivity index (χ4n) is 3.46. The Kier molecular flexibility index (Phi) is 4.32. The number of rotatable bonds is 4. The second-order valence-corrected chi connectivity index (χ2v) is 6.63. The first-order chi connectivity index (χ1) is 13.1. The molecule has 6 heteroatoms. The van der Waals surface area contributed by atoms with Crippen molar-refractivity contribution in [2.24, 2.45) is 0 Å². The van der Waals surface area contributed by atoms with Crippen LogP contribution in [0.15, 0.2) is 52.9 Å². The van der Waals surface area contributed by atoms with Crippen molar-refractivity contribution < 1.29 is 18.7 Å². The van der Waals surface area contributed by atoms with Crippen molar-refractivity contribution in [2.45, 2.75) is 19.4 Å². The normalized spacial score (nSPS) is 16.7. The van der Waals surface area contributed by atoms with Gasteiger partial charge in [0.15, 0.2) is 5.76 Å². The number of carbonyl (C=O) groups excluding carboxylic acids is 2. The van der Waals surface area contributed by atoms with Gasteiger partial charge in [0.05, 0.1) is 13.2 Å². The maximum atomic E-state index is 12.7. The van der Waals surface area contributed by atoms with Crippen molar-refractivity contribution in [1.82, 2.24) is 5.32 Å². The van der Waals surface area contributed by atoms with E-state index in [2.05, 4.69) is 5.32 Å². The number of aryl methyl sites for hydroxylation is 1. The predicted octanol–water partition coefficient (Wildman–Crippen LogP) is 3.29. The van der Waals surface area contributed by atoms with Gasteiger partial charge >= 0.3 is 0 Å². The number of para-hydroxylation sites is 1. The van der Waals surface area contributed by atoms with Gasteiger partial charge in [0.25, 0.3) is 5.91 Å². The van der Waals surface area contributed by atoms with E-state index in [0.717, 1.165) is 16.6 Å². The zero-order valence-corrected chi connectivity index (χ0v) is 15.2. The highest BCUT2D eigenvalue weighted by atomic mass is 16.5. The Bertz CT molecular complexity index is 1010. The summed E-state index contributed by atoms with van der Waals surface area (Å²) in [5, 5.41) is 3.80. The van der Waals surface area contributed by atoms with Crippen LogP contribution in [0.1, 0.15) is 22.5 Å². The van der Waals surface area contributed by atoms with E-state index in [0.29, 0.717) is 17.9 Å². The van der Waals surface area contributed by atoms with Gasteiger partial charge in [-0.2, -0.15) is 0 Å². The molecule has 27 heavy (non-hydrogen) atoms. The molecule has 0 bridgehead atoms. The lowest BCUT2D eigenvalue weighted by atomic mass is 10.1. The number of fused-ring (bicyclic) bond motifs is 1. The van der Waals surface area contributed by atoms with Gasteiger partial charge in [-0.05, 0) is 31.2 Å². The molecular formula is C21H20N2O4. The molecule has 0 spiro atoms. The topological polar surface area (TPSA) is 71.8 Å². The van der Waals surface area contributed by atoms with Crippen LogP contribution < -0.4 is 15.0 Å². The molecule has 3 aromatic rings. The number of nitrogens with one attached hydrogen (secondary N) is 1. The number of furan rings is 1. The van der Waals surface area contributed by atoms with E-state index in [-0.39, 0.29) is 30.0 Å². The van der Waals surface area contributed by atoms with Crippen molar-refractivity contribution in [2.75, 3.05) is 18.6 Å². The average molecular weight is 364 g/mol. The summed E-state index contributed by atoms with van der Waals surface area (Å²) >= 11 is 0. The molecule has 4 rings (SSSR count). The molecule has 1 aromatic heterocycles. The van der Waals surface area contributed by atoms with Gasteiger partial charge in [0.2, 0.25) is 5.91 Å². The SMILES string of the molecule is COc1ccc2c(C)c(C(=O)N[C@@H]3CC(=O)N(c4ccccc4)C3)oc2c1. The smallest absolute Gasteiger partial charge is 0.287 e. The second-order valence-electron chi connectivity index (χ2n) is 6.63. The molecule has 2 amide bonds. The van der Waals surface area contributed by atoms with Crippen molar-refractivity contribution in [1.29, 1.82) is 0 Å². The standard InChI is InChI=1S/C21H20N2O4/c1-13-17-9-8-16(26-2)11-18(17)27-20(13)21(25)22-14-10-19(24)23(12-14)15-6-4-3-5-7-15/h3-9,11,14H,10,12H2,1-2H3,(H,22,25)/t14-/m1/s1. The molecule has 1 aliphatic rings. The second kappa shape index (κ2) is 6.79. The highest BCUT2D eigenvalue weighted by Crippen LogP contribution is 2.29. The minimum Gasteiger partial charge on any atom is -0.497 e. The molecule has 1 N–H and O–H groups in total. The van der Waals surface area contributed by atoms with E-state index < -0.39 is 0 Å². The lowest BCUT2D eigenvalue weighted by Gasteiger charge is -2.16. The van der Waals surface area contributed by atoms with Gasteiger partial charge in [-0.25, -0.2) is 0 Å². The first-order valence-electron chi connectivity index (χ1n) is 8.80. The zero-order valence-electron chi connectivity index (χ0n) is 15.2. The number of hydrogen-bond acceptors (Lipinski definition) is 4. The summed E-state index contributed by atoms with van der Waals surface area (Å²) in [6.07, 6.45) is 0.272. The number of carbonyl (C=O) groups is 2. The summed E-state index contributed by atoms with van der Waals surface area (Å²) < 4.78 is 11.0. The number of benzene rings is 2. The van der Waals surface area contributed by atoms with Gasteiger partial charge < -0.3 is 19.4 Å². The van der Waals surface area contributed by atoms with Crippen LogP contribution in [0, 0.1) is 6.92 Å². The number of methoxy groups -OCH3 is 1. The monoisotopic (exact) mass is 364 g/mol. The number of anilines is 1. The molecule has 6 nitrogen and oxygen atoms in total. The largest absolute Gasteiger partial charge is 0.497 e. The highest BCUT2D eigenvalue weighted by molar-refractivity contribution is 6.01. The molecule has 2 aromatic carbocycles. The highest BCUT2D eigenvalue weighted by Gasteiger charge is 2.32. The first kappa shape index (κ1) is 17.1. The van der Waals surface area contributed by atoms with Gasteiger partial charge in [-0.1, -0.05) is 18.2 Å². The van der Waals surface area contributed by atoms with Gasteiger partial charge in [0.1, 0.15) is 11.3 Å². The molecule has 138 valence electrons. The minimum absolute atomic E-state index is 0.00226. The van der Waals surface area contributed by atoms with Crippen LogP contribution in [0.4, 0.5) is 5.69 Å². The summed E-state index contributed by atoms with van der Waals surface area (Å²) in [6.45, 7) is 2.30. The molecule has 0 radical (unpaired) electrons. The van der Waals surface area contributed by atoms with Crippen LogP contribution in [0.2, 0.25) is 0 Å². The summed E-state index contributed by atoms with van der Waals surface area (Å²) in [5.74, 6) is 0.625. The maximum absolute atomic E-state index is 12.7. The Morgan fingerprint density at radius 2 is 2.00 bits per heavy atom. The third kappa shape index (κ3) is 3.14. The fraction of sp³-hybridized carbons (Fsp3) is 0.238. The Balaban J connectivity index is 1.52. The van der Waals surface area contributed by atoms with Crippen molar-refractivity contribution in [3.8, 4) is 5.75 Å². The number of nitrogens with zero attached hydrogens (tertiary/aromatic N) is 1. The van der Waals surface area contributed by atoms with E-state index in [4.69, 9.17) is 9.15 Å². The Morgan fingerprint density at radius 1 is 1.22 bits per heavy atom. The van der Waals surface area contributed by atoms with E-state index in [9.17, 15) is 9.59 Å². The molecular weight excluding hydrogens is 344 g/mol. The van der Waals surface area contributed by atoms with Crippen molar-refractivity contribution in [3.63, 3.8) is 0 Å². The van der Waals surface area contributed by atoms with Crippen molar-refractivity contribution in [3.05, 3.63) is 59.9 Å². The molecule has 2 heterocycles. The van der Waals surface area contributed by atoms with Crippen LogP contribution in [0.3, 0.4) is 0 Å². The Labute approximate surface area is 156 Å². The fourth-order valence-corrected chi connectivity index (χ4v) is 3.46. The molecule has 0 unspecified atom stereocenters. The molecule has 1 aliphatic heterocycles. The van der Waals surface area contributed by atoms with Crippen LogP contribution in [-0.4, -0.2) is 31.5 Å². The van der Waals surface area contributed by atoms with E-state index >= 15 is 0 Å². The van der Waals surface area contributed by atoms with Crippen LogP contribution in [-0.2, 0) is 4.79 Å². The van der Waals surface area contributed by atoms with Crippen LogP contribution >= 0.6 is 0 Å². The van der Waals surface area contributed by atoms with Gasteiger partial charge in [0, 0.05) is 35.7 Å². The summed E-state index contributed by atoms with van der Waals surface area (Å²) in [6, 6.07) is 14.7.